The van der Waals surface area contributed by atoms with E-state index in [1.807, 2.05) is 31.1 Å². The zero-order valence-electron chi connectivity index (χ0n) is 17.9. The topological polar surface area (TPSA) is 65.4 Å². The first-order chi connectivity index (χ1) is 14.0. The summed E-state index contributed by atoms with van der Waals surface area (Å²) in [5, 5.41) is 9.08. The highest BCUT2D eigenvalue weighted by Gasteiger charge is 2.08. The van der Waals surface area contributed by atoms with Crippen LogP contribution in [0.3, 0.4) is 0 Å². The van der Waals surface area contributed by atoms with Gasteiger partial charge in [-0.15, -0.1) is 11.3 Å². The second-order valence-corrected chi connectivity index (χ2v) is 8.46. The van der Waals surface area contributed by atoms with Gasteiger partial charge in [-0.3, -0.25) is 0 Å². The normalized spacial score (nSPS) is 11.7. The Morgan fingerprint density at radius 1 is 1.14 bits per heavy atom. The third-order valence-electron chi connectivity index (χ3n) is 4.70. The summed E-state index contributed by atoms with van der Waals surface area (Å²) in [6.07, 6.45) is 0.896. The summed E-state index contributed by atoms with van der Waals surface area (Å²) in [4.78, 5) is 17.5. The monoisotopic (exact) mass is 410 g/mol. The molecule has 6 nitrogen and oxygen atoms in total. The fraction of sp³-hybridized carbons (Fsp3) is 0.409. The van der Waals surface area contributed by atoms with Crippen molar-refractivity contribution in [3.8, 4) is 0 Å². The summed E-state index contributed by atoms with van der Waals surface area (Å²) in [5.74, 6) is 1.77. The molecule has 0 saturated heterocycles. The fourth-order valence-electron chi connectivity index (χ4n) is 3.03. The summed E-state index contributed by atoms with van der Waals surface area (Å²) in [5.41, 5.74) is 3.30. The number of para-hydroxylation sites is 1. The molecule has 1 aromatic carbocycles. The van der Waals surface area contributed by atoms with Gasteiger partial charge in [-0.05, 0) is 38.5 Å². The first kappa shape index (κ1) is 21.0. The van der Waals surface area contributed by atoms with Crippen molar-refractivity contribution in [1.82, 2.24) is 20.6 Å². The zero-order valence-corrected chi connectivity index (χ0v) is 18.7. The first-order valence-electron chi connectivity index (χ1n) is 9.99. The average Bonchev–Trinajstić information content (AvgIpc) is 3.02. The van der Waals surface area contributed by atoms with Crippen molar-refractivity contribution in [3.63, 3.8) is 0 Å². The molecule has 0 unspecified atom stereocenters. The Morgan fingerprint density at radius 3 is 2.62 bits per heavy atom. The lowest BCUT2D eigenvalue weighted by Crippen LogP contribution is -2.38. The van der Waals surface area contributed by atoms with E-state index in [-0.39, 0.29) is 0 Å². The highest BCUT2D eigenvalue weighted by atomic mass is 32.1. The maximum Gasteiger partial charge on any atom is 0.191 e. The third kappa shape index (κ3) is 5.44. The van der Waals surface area contributed by atoms with Crippen molar-refractivity contribution in [1.29, 1.82) is 0 Å². The highest BCUT2D eigenvalue weighted by molar-refractivity contribution is 7.11. The number of hydrogen-bond donors (Lipinski definition) is 2. The number of hydrogen-bond acceptors (Lipinski definition) is 5. The van der Waals surface area contributed by atoms with Crippen LogP contribution in [0.2, 0.25) is 0 Å². The molecule has 0 aliphatic carbocycles. The Kier molecular flexibility index (Phi) is 7.04. The number of rotatable bonds is 7. The molecule has 2 aromatic heterocycles. The molecule has 7 heteroatoms. The van der Waals surface area contributed by atoms with Gasteiger partial charge in [0.25, 0.3) is 0 Å². The molecule has 0 saturated carbocycles. The van der Waals surface area contributed by atoms with E-state index in [0.717, 1.165) is 47.9 Å². The fourth-order valence-corrected chi connectivity index (χ4v) is 3.97. The van der Waals surface area contributed by atoms with Gasteiger partial charge in [0.2, 0.25) is 0 Å². The third-order valence-corrected chi connectivity index (χ3v) is 5.84. The van der Waals surface area contributed by atoms with Crippen LogP contribution in [0.5, 0.6) is 0 Å². The van der Waals surface area contributed by atoms with Crippen molar-refractivity contribution in [2.24, 2.45) is 4.99 Å². The Hall–Kier alpha value is -2.67. The number of aromatic nitrogens is 2. The molecule has 0 aliphatic rings. The van der Waals surface area contributed by atoms with Crippen LogP contribution in [0.4, 0.5) is 5.82 Å². The SMILES string of the molecule is CCNC(=NCc1cc(N(C)C)nc2ccccc12)NCCc1nc(C)c(C)s1. The number of thiazole rings is 1. The van der Waals surface area contributed by atoms with Gasteiger partial charge in [0.1, 0.15) is 5.82 Å². The van der Waals surface area contributed by atoms with Crippen LogP contribution in [0.15, 0.2) is 35.3 Å². The lowest BCUT2D eigenvalue weighted by molar-refractivity contribution is 0.796. The van der Waals surface area contributed by atoms with Crippen molar-refractivity contribution in [3.05, 3.63) is 51.5 Å². The summed E-state index contributed by atoms with van der Waals surface area (Å²) >= 11 is 1.77. The lowest BCUT2D eigenvalue weighted by atomic mass is 10.1. The van der Waals surface area contributed by atoms with Gasteiger partial charge in [-0.1, -0.05) is 18.2 Å². The van der Waals surface area contributed by atoms with Crippen LogP contribution in [0, 0.1) is 13.8 Å². The van der Waals surface area contributed by atoms with Crippen LogP contribution in [-0.2, 0) is 13.0 Å². The van der Waals surface area contributed by atoms with E-state index in [0.29, 0.717) is 6.54 Å². The predicted octanol–water partition coefficient (Wildman–Crippen LogP) is 3.67. The zero-order chi connectivity index (χ0) is 20.8. The Bertz CT molecular complexity index is 973. The molecule has 0 radical (unpaired) electrons. The lowest BCUT2D eigenvalue weighted by Gasteiger charge is -2.15. The number of nitrogens with zero attached hydrogens (tertiary/aromatic N) is 4. The number of guanidine groups is 1. The van der Waals surface area contributed by atoms with Crippen molar-refractivity contribution in [2.45, 2.75) is 33.7 Å². The maximum atomic E-state index is 4.82. The minimum Gasteiger partial charge on any atom is -0.363 e. The molecule has 3 rings (SSSR count). The Balaban J connectivity index is 1.74. The van der Waals surface area contributed by atoms with Crippen molar-refractivity contribution in [2.75, 3.05) is 32.1 Å². The van der Waals surface area contributed by atoms with Crippen LogP contribution >= 0.6 is 11.3 Å². The second kappa shape index (κ2) is 9.69. The van der Waals surface area contributed by atoms with Crippen LogP contribution in [-0.4, -0.2) is 43.1 Å². The molecule has 0 spiro atoms. The number of anilines is 1. The quantitative estimate of drug-likeness (QED) is 0.460. The molecule has 2 N–H and O–H groups in total. The number of benzene rings is 1. The van der Waals surface area contributed by atoms with E-state index in [9.17, 15) is 0 Å². The van der Waals surface area contributed by atoms with E-state index in [1.54, 1.807) is 11.3 Å². The van der Waals surface area contributed by atoms with Gasteiger partial charge in [0.05, 0.1) is 22.8 Å². The Labute approximate surface area is 177 Å². The highest BCUT2D eigenvalue weighted by Crippen LogP contribution is 2.22. The summed E-state index contributed by atoms with van der Waals surface area (Å²) < 4.78 is 0. The molecule has 0 aliphatic heterocycles. The van der Waals surface area contributed by atoms with Gasteiger partial charge in [0, 0.05) is 43.9 Å². The van der Waals surface area contributed by atoms with Crippen LogP contribution in [0.25, 0.3) is 10.9 Å². The summed E-state index contributed by atoms with van der Waals surface area (Å²) in [6.45, 7) is 8.48. The number of aryl methyl sites for hydroxylation is 2. The molecule has 0 fully saturated rings. The van der Waals surface area contributed by atoms with Gasteiger partial charge in [-0.2, -0.15) is 0 Å². The molecular formula is C22H30N6S. The number of fused-ring (bicyclic) bond motifs is 1. The van der Waals surface area contributed by atoms with Crippen molar-refractivity contribution >= 4 is 34.0 Å². The van der Waals surface area contributed by atoms with Gasteiger partial charge >= 0.3 is 0 Å². The van der Waals surface area contributed by atoms with E-state index < -0.39 is 0 Å². The molecular weight excluding hydrogens is 380 g/mol. The molecule has 0 bridgehead atoms. The van der Waals surface area contributed by atoms with Gasteiger partial charge < -0.3 is 15.5 Å². The Morgan fingerprint density at radius 2 is 1.93 bits per heavy atom. The average molecular weight is 411 g/mol. The molecule has 3 aromatic rings. The minimum absolute atomic E-state index is 0.592. The summed E-state index contributed by atoms with van der Waals surface area (Å²) in [6, 6.07) is 10.4. The molecule has 2 heterocycles. The number of pyridine rings is 1. The molecule has 154 valence electrons. The standard InChI is InChI=1S/C22H30N6S/c1-6-23-22(24-12-11-21-26-15(2)16(3)29-21)25-14-17-13-20(28(4)5)27-19-10-8-7-9-18(17)19/h7-10,13H,6,11-12,14H2,1-5H3,(H2,23,24,25). The predicted molar refractivity (Wildman–Crippen MR) is 124 cm³/mol. The number of nitrogens with one attached hydrogen (secondary N) is 2. The smallest absolute Gasteiger partial charge is 0.191 e. The van der Waals surface area contributed by atoms with E-state index in [2.05, 4.69) is 54.6 Å². The largest absolute Gasteiger partial charge is 0.363 e. The van der Waals surface area contributed by atoms with E-state index in [1.165, 1.54) is 15.4 Å². The number of aliphatic imine (C=N–C) groups is 1. The molecule has 0 atom stereocenters. The van der Waals surface area contributed by atoms with Crippen LogP contribution in [0.1, 0.15) is 28.1 Å². The van der Waals surface area contributed by atoms with Gasteiger partial charge in [0.15, 0.2) is 5.96 Å². The maximum absolute atomic E-state index is 4.82. The minimum atomic E-state index is 0.592. The molecule has 0 amide bonds. The summed E-state index contributed by atoms with van der Waals surface area (Å²) in [7, 11) is 4.02. The van der Waals surface area contributed by atoms with Crippen LogP contribution < -0.4 is 15.5 Å². The first-order valence-corrected chi connectivity index (χ1v) is 10.8. The second-order valence-electron chi connectivity index (χ2n) is 7.17. The van der Waals surface area contributed by atoms with E-state index in [4.69, 9.17) is 9.98 Å². The van der Waals surface area contributed by atoms with E-state index >= 15 is 0 Å². The van der Waals surface area contributed by atoms with Gasteiger partial charge in [-0.25, -0.2) is 15.0 Å². The van der Waals surface area contributed by atoms with Crippen molar-refractivity contribution < 1.29 is 0 Å². The molecule has 29 heavy (non-hydrogen) atoms.